The number of hydrogen-bond donors (Lipinski definition) is 1. The van der Waals surface area contributed by atoms with E-state index in [1.165, 1.54) is 11.3 Å². The summed E-state index contributed by atoms with van der Waals surface area (Å²) in [6.45, 7) is 1.72. The molecule has 2 aromatic rings. The van der Waals surface area contributed by atoms with Crippen molar-refractivity contribution in [2.75, 3.05) is 0 Å². The lowest BCUT2D eigenvalue weighted by atomic mass is 10.2. The van der Waals surface area contributed by atoms with Gasteiger partial charge in [-0.25, -0.2) is 0 Å². The van der Waals surface area contributed by atoms with Gasteiger partial charge in [-0.15, -0.1) is 11.3 Å². The summed E-state index contributed by atoms with van der Waals surface area (Å²) < 4.78 is 6.36. The Morgan fingerprint density at radius 3 is 2.87 bits per heavy atom. The van der Waals surface area contributed by atoms with Crippen LogP contribution in [0.5, 0.6) is 0 Å². The van der Waals surface area contributed by atoms with E-state index in [9.17, 15) is 0 Å². The number of nitrogens with zero attached hydrogens (tertiary/aromatic N) is 2. The maximum Gasteiger partial charge on any atom is 0.223 e. The molecule has 1 atom stereocenters. The number of halogens is 2. The second-order valence-electron chi connectivity index (χ2n) is 2.92. The van der Waals surface area contributed by atoms with E-state index in [4.69, 9.17) is 21.9 Å². The first-order chi connectivity index (χ1) is 7.08. The van der Waals surface area contributed by atoms with Gasteiger partial charge in [-0.2, -0.15) is 4.98 Å². The van der Waals surface area contributed by atoms with Gasteiger partial charge in [-0.3, -0.25) is 0 Å². The van der Waals surface area contributed by atoms with Crippen molar-refractivity contribution in [3.63, 3.8) is 0 Å². The molecule has 0 aromatic carbocycles. The molecule has 0 bridgehead atoms. The van der Waals surface area contributed by atoms with Gasteiger partial charge in [0.25, 0.3) is 0 Å². The first-order valence-electron chi connectivity index (χ1n) is 4.08. The van der Waals surface area contributed by atoms with E-state index >= 15 is 0 Å². The third kappa shape index (κ3) is 2.23. The highest BCUT2D eigenvalue weighted by molar-refractivity contribution is 9.10. The molecular weight excluding hydrogens is 302 g/mol. The average molecular weight is 309 g/mol. The van der Waals surface area contributed by atoms with E-state index < -0.39 is 6.04 Å². The molecule has 0 aliphatic carbocycles. The lowest BCUT2D eigenvalue weighted by Crippen LogP contribution is -2.11. The zero-order valence-electron chi connectivity index (χ0n) is 7.70. The molecule has 0 saturated heterocycles. The summed E-state index contributed by atoms with van der Waals surface area (Å²) in [5, 5.41) is 3.77. The van der Waals surface area contributed by atoms with Crippen LogP contribution in [0, 0.1) is 6.92 Å². The third-order valence-corrected chi connectivity index (χ3v) is 4.35. The van der Waals surface area contributed by atoms with E-state index in [2.05, 4.69) is 26.1 Å². The second kappa shape index (κ2) is 4.21. The van der Waals surface area contributed by atoms with Gasteiger partial charge in [-0.1, -0.05) is 16.8 Å². The Morgan fingerprint density at radius 1 is 1.67 bits per heavy atom. The highest BCUT2D eigenvalue weighted by Crippen LogP contribution is 2.35. The summed E-state index contributed by atoms with van der Waals surface area (Å²) in [6, 6.07) is 1.47. The standard InChI is InChI=1S/C8H7BrClN3OS/c1-3-12-8(13-14-3)6(11)5-2-4(9)7(10)15-5/h2,6H,11H2,1H3. The topological polar surface area (TPSA) is 64.9 Å². The zero-order valence-corrected chi connectivity index (χ0v) is 10.9. The minimum atomic E-state index is -0.392. The Bertz CT molecular complexity index is 464. The Hall–Kier alpha value is -0.430. The molecular formula is C8H7BrClN3OS. The first-order valence-corrected chi connectivity index (χ1v) is 6.07. The predicted molar refractivity (Wildman–Crippen MR) is 62.1 cm³/mol. The Kier molecular flexibility index (Phi) is 3.11. The van der Waals surface area contributed by atoms with Gasteiger partial charge in [0, 0.05) is 16.3 Å². The van der Waals surface area contributed by atoms with Crippen LogP contribution in [-0.4, -0.2) is 10.1 Å². The molecule has 2 rings (SSSR count). The zero-order chi connectivity index (χ0) is 11.0. The lowest BCUT2D eigenvalue weighted by Gasteiger charge is -2.01. The first kappa shape index (κ1) is 11.1. The van der Waals surface area contributed by atoms with Gasteiger partial charge in [0.1, 0.15) is 10.4 Å². The molecule has 1 unspecified atom stereocenters. The number of thiophene rings is 1. The van der Waals surface area contributed by atoms with E-state index in [0.29, 0.717) is 16.1 Å². The number of aryl methyl sites for hydroxylation is 1. The highest BCUT2D eigenvalue weighted by Gasteiger charge is 2.18. The molecule has 0 radical (unpaired) electrons. The fraction of sp³-hybridized carbons (Fsp3) is 0.250. The molecule has 2 N–H and O–H groups in total. The van der Waals surface area contributed by atoms with Crippen LogP contribution in [0.1, 0.15) is 22.6 Å². The average Bonchev–Trinajstić information content (AvgIpc) is 2.74. The lowest BCUT2D eigenvalue weighted by molar-refractivity contribution is 0.385. The summed E-state index contributed by atoms with van der Waals surface area (Å²) in [4.78, 5) is 4.97. The smallest absolute Gasteiger partial charge is 0.223 e. The van der Waals surface area contributed by atoms with Gasteiger partial charge in [0.05, 0.1) is 0 Å². The number of rotatable bonds is 2. The van der Waals surface area contributed by atoms with Crippen LogP contribution in [0.4, 0.5) is 0 Å². The van der Waals surface area contributed by atoms with Crippen LogP contribution < -0.4 is 5.73 Å². The van der Waals surface area contributed by atoms with E-state index in [1.54, 1.807) is 6.92 Å². The quantitative estimate of drug-likeness (QED) is 0.926. The van der Waals surface area contributed by atoms with Crippen molar-refractivity contribution in [2.45, 2.75) is 13.0 Å². The molecule has 4 nitrogen and oxygen atoms in total. The summed E-state index contributed by atoms with van der Waals surface area (Å²) >= 11 is 10.6. The molecule has 0 aliphatic heterocycles. The van der Waals surface area contributed by atoms with Gasteiger partial charge in [0.15, 0.2) is 5.82 Å². The number of nitrogens with two attached hydrogens (primary N) is 1. The molecule has 0 amide bonds. The Balaban J connectivity index is 2.31. The number of hydrogen-bond acceptors (Lipinski definition) is 5. The third-order valence-electron chi connectivity index (χ3n) is 1.79. The van der Waals surface area contributed by atoms with Crippen molar-refractivity contribution in [3.8, 4) is 0 Å². The number of aromatic nitrogens is 2. The fourth-order valence-electron chi connectivity index (χ4n) is 1.09. The van der Waals surface area contributed by atoms with Crippen LogP contribution in [-0.2, 0) is 0 Å². The van der Waals surface area contributed by atoms with Crippen molar-refractivity contribution in [2.24, 2.45) is 5.73 Å². The summed E-state index contributed by atoms with van der Waals surface area (Å²) in [7, 11) is 0. The van der Waals surface area contributed by atoms with Crippen LogP contribution in [0.25, 0.3) is 0 Å². The van der Waals surface area contributed by atoms with Crippen molar-refractivity contribution in [1.29, 1.82) is 0 Å². The fourth-order valence-corrected chi connectivity index (χ4v) is 2.82. The summed E-state index contributed by atoms with van der Waals surface area (Å²) in [6.07, 6.45) is 0. The van der Waals surface area contributed by atoms with Crippen molar-refractivity contribution in [3.05, 3.63) is 31.5 Å². The largest absolute Gasteiger partial charge is 0.340 e. The summed E-state index contributed by atoms with van der Waals surface area (Å²) in [5.74, 6) is 0.972. The second-order valence-corrected chi connectivity index (χ2v) is 5.46. The molecule has 2 heterocycles. The van der Waals surface area contributed by atoms with Crippen LogP contribution in [0.15, 0.2) is 15.1 Å². The van der Waals surface area contributed by atoms with Crippen molar-refractivity contribution < 1.29 is 4.52 Å². The van der Waals surface area contributed by atoms with E-state index in [-0.39, 0.29) is 0 Å². The van der Waals surface area contributed by atoms with Gasteiger partial charge in [-0.05, 0) is 22.0 Å². The molecule has 0 fully saturated rings. The van der Waals surface area contributed by atoms with Crippen LogP contribution in [0.2, 0.25) is 4.34 Å². The molecule has 7 heteroatoms. The SMILES string of the molecule is Cc1nc(C(N)c2cc(Br)c(Cl)s2)no1. The molecule has 80 valence electrons. The maximum absolute atomic E-state index is 5.96. The summed E-state index contributed by atoms with van der Waals surface area (Å²) in [5.41, 5.74) is 5.96. The molecule has 2 aromatic heterocycles. The highest BCUT2D eigenvalue weighted by atomic mass is 79.9. The van der Waals surface area contributed by atoms with Crippen molar-refractivity contribution >= 4 is 38.9 Å². The van der Waals surface area contributed by atoms with Crippen molar-refractivity contribution in [1.82, 2.24) is 10.1 Å². The van der Waals surface area contributed by atoms with Crippen LogP contribution >= 0.6 is 38.9 Å². The minimum absolute atomic E-state index is 0.392. The molecule has 15 heavy (non-hydrogen) atoms. The Morgan fingerprint density at radius 2 is 2.40 bits per heavy atom. The van der Waals surface area contributed by atoms with Crippen LogP contribution in [0.3, 0.4) is 0 Å². The van der Waals surface area contributed by atoms with E-state index in [1.807, 2.05) is 6.07 Å². The monoisotopic (exact) mass is 307 g/mol. The molecule has 0 saturated carbocycles. The maximum atomic E-state index is 5.96. The van der Waals surface area contributed by atoms with Gasteiger partial charge in [0.2, 0.25) is 5.89 Å². The van der Waals surface area contributed by atoms with E-state index in [0.717, 1.165) is 9.35 Å². The molecule has 0 aliphatic rings. The van der Waals surface area contributed by atoms with Gasteiger partial charge < -0.3 is 10.3 Å². The van der Waals surface area contributed by atoms with Gasteiger partial charge >= 0.3 is 0 Å². The molecule has 0 spiro atoms. The Labute approximate surface area is 104 Å². The minimum Gasteiger partial charge on any atom is -0.340 e. The predicted octanol–water partition coefficient (Wildman–Crippen LogP) is 2.90. The normalized spacial score (nSPS) is 13.1.